The molecule has 0 spiro atoms. The summed E-state index contributed by atoms with van der Waals surface area (Å²) in [5.41, 5.74) is 0.731. The fraction of sp³-hybridized carbons (Fsp3) is 0.278. The maximum absolute atomic E-state index is 12.2. The minimum absolute atomic E-state index is 0.232. The lowest BCUT2D eigenvalue weighted by atomic mass is 10.2. The Morgan fingerprint density at radius 1 is 1.12 bits per heavy atom. The van der Waals surface area contributed by atoms with Crippen molar-refractivity contribution < 1.29 is 19.0 Å². The summed E-state index contributed by atoms with van der Waals surface area (Å²) in [5.74, 6) is 1.51. The van der Waals surface area contributed by atoms with Gasteiger partial charge in [0.15, 0.2) is 17.6 Å². The van der Waals surface area contributed by atoms with Gasteiger partial charge in [-0.1, -0.05) is 29.8 Å². The zero-order chi connectivity index (χ0) is 17.5. The smallest absolute Gasteiger partial charge is 0.261 e. The molecule has 0 saturated carbocycles. The van der Waals surface area contributed by atoms with Gasteiger partial charge < -0.3 is 19.5 Å². The van der Waals surface area contributed by atoms with E-state index in [4.69, 9.17) is 25.8 Å². The zero-order valence-corrected chi connectivity index (χ0v) is 14.6. The molecule has 0 aliphatic carbocycles. The number of halogens is 1. The van der Waals surface area contributed by atoms with Gasteiger partial charge >= 0.3 is 0 Å². The molecular formula is C18H20ClNO4. The van der Waals surface area contributed by atoms with E-state index in [1.807, 2.05) is 18.2 Å². The first-order valence-electron chi connectivity index (χ1n) is 7.45. The molecular weight excluding hydrogens is 330 g/mol. The van der Waals surface area contributed by atoms with Gasteiger partial charge in [-0.3, -0.25) is 4.79 Å². The highest BCUT2D eigenvalue weighted by Gasteiger charge is 2.16. The van der Waals surface area contributed by atoms with E-state index < -0.39 is 6.10 Å². The molecule has 128 valence electrons. The SMILES string of the molecule is COc1cc(Cl)c(CNC(=O)C(C)Oc2ccccc2)cc1OC. The predicted octanol–water partition coefficient (Wildman–Crippen LogP) is 3.44. The Balaban J connectivity index is 1.98. The van der Waals surface area contributed by atoms with Crippen LogP contribution in [-0.4, -0.2) is 26.2 Å². The van der Waals surface area contributed by atoms with Crippen molar-refractivity contribution in [1.29, 1.82) is 0 Å². The van der Waals surface area contributed by atoms with Crippen LogP contribution in [-0.2, 0) is 11.3 Å². The number of carbonyl (C=O) groups is 1. The Kier molecular flexibility index (Phi) is 6.32. The van der Waals surface area contributed by atoms with E-state index in [2.05, 4.69) is 5.32 Å². The van der Waals surface area contributed by atoms with Crippen LogP contribution in [0.1, 0.15) is 12.5 Å². The van der Waals surface area contributed by atoms with Gasteiger partial charge in [0.05, 0.1) is 14.2 Å². The Hall–Kier alpha value is -2.40. The third kappa shape index (κ3) is 4.55. The monoisotopic (exact) mass is 349 g/mol. The van der Waals surface area contributed by atoms with Crippen molar-refractivity contribution >= 4 is 17.5 Å². The van der Waals surface area contributed by atoms with E-state index in [9.17, 15) is 4.79 Å². The fourth-order valence-electron chi connectivity index (χ4n) is 2.11. The molecule has 0 aromatic heterocycles. The lowest BCUT2D eigenvalue weighted by Gasteiger charge is -2.16. The molecule has 6 heteroatoms. The molecule has 5 nitrogen and oxygen atoms in total. The van der Waals surface area contributed by atoms with Crippen LogP contribution in [0, 0.1) is 0 Å². The van der Waals surface area contributed by atoms with Crippen LogP contribution in [0.2, 0.25) is 5.02 Å². The van der Waals surface area contributed by atoms with Crippen LogP contribution in [0.15, 0.2) is 42.5 Å². The third-order valence-electron chi connectivity index (χ3n) is 3.43. The van der Waals surface area contributed by atoms with E-state index in [-0.39, 0.29) is 12.5 Å². The summed E-state index contributed by atoms with van der Waals surface area (Å²) in [6, 6.07) is 12.6. The molecule has 1 amide bonds. The lowest BCUT2D eigenvalue weighted by molar-refractivity contribution is -0.127. The molecule has 0 bridgehead atoms. The molecule has 2 aromatic rings. The Morgan fingerprint density at radius 2 is 1.75 bits per heavy atom. The van der Waals surface area contributed by atoms with Crippen molar-refractivity contribution in [2.75, 3.05) is 14.2 Å². The van der Waals surface area contributed by atoms with E-state index in [1.165, 1.54) is 7.11 Å². The van der Waals surface area contributed by atoms with Crippen molar-refractivity contribution in [2.45, 2.75) is 19.6 Å². The second kappa shape index (κ2) is 8.45. The molecule has 0 aliphatic rings. The number of para-hydroxylation sites is 1. The number of hydrogen-bond donors (Lipinski definition) is 1. The molecule has 2 rings (SSSR count). The zero-order valence-electron chi connectivity index (χ0n) is 13.8. The van der Waals surface area contributed by atoms with E-state index in [0.717, 1.165) is 5.56 Å². The summed E-state index contributed by atoms with van der Waals surface area (Å²) in [5, 5.41) is 3.29. The largest absolute Gasteiger partial charge is 0.493 e. The van der Waals surface area contributed by atoms with Gasteiger partial charge in [-0.05, 0) is 30.7 Å². The van der Waals surface area contributed by atoms with E-state index >= 15 is 0 Å². The maximum Gasteiger partial charge on any atom is 0.261 e. The highest BCUT2D eigenvalue weighted by atomic mass is 35.5. The van der Waals surface area contributed by atoms with Gasteiger partial charge in [0.1, 0.15) is 5.75 Å². The highest BCUT2D eigenvalue weighted by Crippen LogP contribution is 2.32. The van der Waals surface area contributed by atoms with Gasteiger partial charge in [-0.25, -0.2) is 0 Å². The minimum atomic E-state index is -0.619. The second-order valence-corrected chi connectivity index (χ2v) is 5.50. The van der Waals surface area contributed by atoms with Crippen molar-refractivity contribution in [3.63, 3.8) is 0 Å². The summed E-state index contributed by atoms with van der Waals surface area (Å²) in [6.45, 7) is 1.96. The van der Waals surface area contributed by atoms with Crippen molar-refractivity contribution in [3.05, 3.63) is 53.1 Å². The van der Waals surface area contributed by atoms with Crippen molar-refractivity contribution in [2.24, 2.45) is 0 Å². The maximum atomic E-state index is 12.2. The first-order valence-corrected chi connectivity index (χ1v) is 7.82. The number of methoxy groups -OCH3 is 2. The summed E-state index contributed by atoms with van der Waals surface area (Å²) >= 11 is 6.21. The number of nitrogens with one attached hydrogen (secondary N) is 1. The topological polar surface area (TPSA) is 56.8 Å². The van der Waals surface area contributed by atoms with Crippen LogP contribution >= 0.6 is 11.6 Å². The summed E-state index contributed by atoms with van der Waals surface area (Å²) in [7, 11) is 3.09. The summed E-state index contributed by atoms with van der Waals surface area (Å²) in [6.07, 6.45) is -0.619. The molecule has 0 saturated heterocycles. The molecule has 2 aromatic carbocycles. The third-order valence-corrected chi connectivity index (χ3v) is 3.78. The number of hydrogen-bond acceptors (Lipinski definition) is 4. The normalized spacial score (nSPS) is 11.5. The minimum Gasteiger partial charge on any atom is -0.493 e. The van der Waals surface area contributed by atoms with Gasteiger partial charge in [-0.15, -0.1) is 0 Å². The number of ether oxygens (including phenoxy) is 3. The standard InChI is InChI=1S/C18H20ClNO4/c1-12(24-14-7-5-4-6-8-14)18(21)20-11-13-9-16(22-2)17(23-3)10-15(13)19/h4-10,12H,11H2,1-3H3,(H,20,21). The summed E-state index contributed by atoms with van der Waals surface area (Å²) in [4.78, 5) is 12.2. The molecule has 24 heavy (non-hydrogen) atoms. The lowest BCUT2D eigenvalue weighted by Crippen LogP contribution is -2.35. The Bertz CT molecular complexity index is 691. The van der Waals surface area contributed by atoms with E-state index in [0.29, 0.717) is 22.3 Å². The van der Waals surface area contributed by atoms with Crippen molar-refractivity contribution in [1.82, 2.24) is 5.32 Å². The average molecular weight is 350 g/mol. The van der Waals surface area contributed by atoms with E-state index in [1.54, 1.807) is 38.3 Å². The molecule has 1 N–H and O–H groups in total. The Morgan fingerprint density at radius 3 is 2.38 bits per heavy atom. The quantitative estimate of drug-likeness (QED) is 0.832. The number of carbonyl (C=O) groups excluding carboxylic acids is 1. The predicted molar refractivity (Wildman–Crippen MR) is 92.9 cm³/mol. The summed E-state index contributed by atoms with van der Waals surface area (Å²) < 4.78 is 16.0. The van der Waals surface area contributed by atoms with Gasteiger partial charge in [0, 0.05) is 17.6 Å². The van der Waals surface area contributed by atoms with Gasteiger partial charge in [0.2, 0.25) is 0 Å². The van der Waals surface area contributed by atoms with Crippen LogP contribution in [0.4, 0.5) is 0 Å². The molecule has 0 radical (unpaired) electrons. The molecule has 0 heterocycles. The van der Waals surface area contributed by atoms with Crippen LogP contribution < -0.4 is 19.5 Å². The van der Waals surface area contributed by atoms with Gasteiger partial charge in [0.25, 0.3) is 5.91 Å². The molecule has 0 aliphatic heterocycles. The number of benzene rings is 2. The first kappa shape index (κ1) is 17.9. The molecule has 0 fully saturated rings. The fourth-order valence-corrected chi connectivity index (χ4v) is 2.33. The highest BCUT2D eigenvalue weighted by molar-refractivity contribution is 6.31. The number of rotatable bonds is 7. The number of amides is 1. The second-order valence-electron chi connectivity index (χ2n) is 5.09. The van der Waals surface area contributed by atoms with Crippen LogP contribution in [0.25, 0.3) is 0 Å². The molecule has 1 atom stereocenters. The Labute approximate surface area is 146 Å². The molecule has 1 unspecified atom stereocenters. The van der Waals surface area contributed by atoms with Crippen LogP contribution in [0.5, 0.6) is 17.2 Å². The van der Waals surface area contributed by atoms with Crippen molar-refractivity contribution in [3.8, 4) is 17.2 Å². The van der Waals surface area contributed by atoms with Crippen LogP contribution in [0.3, 0.4) is 0 Å². The first-order chi connectivity index (χ1) is 11.5. The van der Waals surface area contributed by atoms with Gasteiger partial charge in [-0.2, -0.15) is 0 Å². The average Bonchev–Trinajstić information content (AvgIpc) is 2.60.